The molecule has 0 heterocycles. The molecule has 0 radical (unpaired) electrons. The monoisotopic (exact) mass is 372 g/mol. The van der Waals surface area contributed by atoms with Gasteiger partial charge in [0, 0.05) is 0 Å². The van der Waals surface area contributed by atoms with Crippen LogP contribution in [-0.4, -0.2) is 0 Å². The van der Waals surface area contributed by atoms with Crippen LogP contribution in [0.4, 0.5) is 26.3 Å². The zero-order valence-corrected chi connectivity index (χ0v) is 14.2. The van der Waals surface area contributed by atoms with Crippen LogP contribution in [-0.2, 0) is 12.8 Å². The molecule has 1 aliphatic rings. The first-order valence-corrected chi connectivity index (χ1v) is 8.68. The maximum atomic E-state index is 14.9. The van der Waals surface area contributed by atoms with Gasteiger partial charge in [-0.2, -0.15) is 0 Å². The van der Waals surface area contributed by atoms with E-state index >= 15 is 0 Å². The highest BCUT2D eigenvalue weighted by molar-refractivity contribution is 5.67. The van der Waals surface area contributed by atoms with Crippen LogP contribution in [0.1, 0.15) is 43.7 Å². The summed E-state index contributed by atoms with van der Waals surface area (Å²) >= 11 is 0. The number of hydrogen-bond acceptors (Lipinski definition) is 0. The van der Waals surface area contributed by atoms with E-state index in [1.165, 1.54) is 0 Å². The summed E-state index contributed by atoms with van der Waals surface area (Å²) in [5.41, 5.74) is -1.38. The van der Waals surface area contributed by atoms with Gasteiger partial charge in [-0.25, -0.2) is 26.3 Å². The molecule has 0 N–H and O–H groups in total. The predicted molar refractivity (Wildman–Crippen MR) is 86.7 cm³/mol. The van der Waals surface area contributed by atoms with Gasteiger partial charge in [0.2, 0.25) is 0 Å². The molecule has 1 atom stereocenters. The second kappa shape index (κ2) is 7.33. The van der Waals surface area contributed by atoms with E-state index in [0.29, 0.717) is 18.6 Å². The maximum Gasteiger partial charge on any atom is 0.194 e. The topological polar surface area (TPSA) is 0 Å². The fourth-order valence-electron chi connectivity index (χ4n) is 3.66. The van der Waals surface area contributed by atoms with Gasteiger partial charge in [-0.1, -0.05) is 26.2 Å². The number of benzene rings is 2. The minimum Gasteiger partial charge on any atom is -0.206 e. The Hall–Kier alpha value is -1.98. The smallest absolute Gasteiger partial charge is 0.194 e. The van der Waals surface area contributed by atoms with Gasteiger partial charge in [-0.3, -0.25) is 0 Å². The summed E-state index contributed by atoms with van der Waals surface area (Å²) < 4.78 is 84.0. The average Bonchev–Trinajstić information content (AvgIpc) is 2.62. The molecule has 0 amide bonds. The minimum atomic E-state index is -1.74. The highest BCUT2D eigenvalue weighted by Crippen LogP contribution is 2.39. The van der Waals surface area contributed by atoms with Gasteiger partial charge in [-0.15, -0.1) is 0 Å². The largest absolute Gasteiger partial charge is 0.206 e. The Labute approximate surface area is 147 Å². The normalized spacial score (nSPS) is 16.7. The highest BCUT2D eigenvalue weighted by atomic mass is 19.2. The van der Waals surface area contributed by atoms with Gasteiger partial charge in [0.25, 0.3) is 0 Å². The van der Waals surface area contributed by atoms with Crippen LogP contribution in [0, 0.1) is 40.8 Å². The van der Waals surface area contributed by atoms with E-state index in [9.17, 15) is 26.3 Å². The van der Waals surface area contributed by atoms with Gasteiger partial charge < -0.3 is 0 Å². The lowest BCUT2D eigenvalue weighted by molar-refractivity contribution is 0.385. The summed E-state index contributed by atoms with van der Waals surface area (Å²) in [6, 6.07) is 0.942. The second-order valence-corrected chi connectivity index (χ2v) is 6.78. The Morgan fingerprint density at radius 1 is 0.846 bits per heavy atom. The van der Waals surface area contributed by atoms with Crippen molar-refractivity contribution in [2.24, 2.45) is 5.92 Å². The van der Waals surface area contributed by atoms with Gasteiger partial charge in [0.1, 0.15) is 5.82 Å². The molecule has 1 aliphatic carbocycles. The zero-order chi connectivity index (χ0) is 19.0. The van der Waals surface area contributed by atoms with Crippen molar-refractivity contribution in [3.05, 3.63) is 58.2 Å². The first-order chi connectivity index (χ1) is 12.3. The molecular weight excluding hydrogens is 354 g/mol. The third kappa shape index (κ3) is 3.21. The van der Waals surface area contributed by atoms with Crippen LogP contribution >= 0.6 is 0 Å². The van der Waals surface area contributed by atoms with Gasteiger partial charge in [0.15, 0.2) is 29.1 Å². The molecule has 140 valence electrons. The number of unbranched alkanes of at least 4 members (excludes halogenated alkanes) is 1. The second-order valence-electron chi connectivity index (χ2n) is 6.78. The fourth-order valence-corrected chi connectivity index (χ4v) is 3.66. The molecule has 1 unspecified atom stereocenters. The molecule has 0 nitrogen and oxygen atoms in total. The molecule has 6 heteroatoms. The molecule has 3 rings (SSSR count). The van der Waals surface area contributed by atoms with Crippen molar-refractivity contribution in [2.45, 2.75) is 45.4 Å². The molecule has 0 saturated heterocycles. The summed E-state index contributed by atoms with van der Waals surface area (Å²) in [6.07, 6.45) is 3.90. The zero-order valence-electron chi connectivity index (χ0n) is 14.2. The van der Waals surface area contributed by atoms with Crippen molar-refractivity contribution in [3.63, 3.8) is 0 Å². The molecule has 0 saturated carbocycles. The Bertz CT molecular complexity index is 820. The molecule has 0 bridgehead atoms. The van der Waals surface area contributed by atoms with E-state index in [0.717, 1.165) is 19.3 Å². The summed E-state index contributed by atoms with van der Waals surface area (Å²) in [5.74, 6) is -8.48. The molecule has 2 aromatic carbocycles. The lowest BCUT2D eigenvalue weighted by Gasteiger charge is -2.26. The molecule has 0 aliphatic heterocycles. The first-order valence-electron chi connectivity index (χ1n) is 8.68. The highest BCUT2D eigenvalue weighted by Gasteiger charge is 2.30. The minimum absolute atomic E-state index is 0.000779. The summed E-state index contributed by atoms with van der Waals surface area (Å²) in [6.45, 7) is 2.03. The van der Waals surface area contributed by atoms with Crippen LogP contribution in [0.3, 0.4) is 0 Å². The van der Waals surface area contributed by atoms with Crippen LogP contribution in [0.25, 0.3) is 11.1 Å². The molecular formula is C20H18F6. The van der Waals surface area contributed by atoms with E-state index in [1.807, 2.05) is 6.92 Å². The number of fused-ring (bicyclic) bond motifs is 1. The standard InChI is InChI=1S/C20H18F6/c1-2-3-4-10-5-6-12-13(7-10)18(24)20(26)16(17(12)23)11-8-14(21)19(25)15(22)9-11/h8-10H,2-7H2,1H3. The van der Waals surface area contributed by atoms with Crippen LogP contribution in [0.5, 0.6) is 0 Å². The number of halogens is 6. The fraction of sp³-hybridized carbons (Fsp3) is 0.400. The predicted octanol–water partition coefficient (Wildman–Crippen LogP) is 6.48. The van der Waals surface area contributed by atoms with Crippen LogP contribution < -0.4 is 0 Å². The summed E-state index contributed by atoms with van der Waals surface area (Å²) in [4.78, 5) is 0. The van der Waals surface area contributed by atoms with Crippen LogP contribution in [0.2, 0.25) is 0 Å². The van der Waals surface area contributed by atoms with Crippen molar-refractivity contribution in [2.75, 3.05) is 0 Å². The van der Waals surface area contributed by atoms with Gasteiger partial charge in [0.05, 0.1) is 5.56 Å². The number of rotatable bonds is 4. The Kier molecular flexibility index (Phi) is 5.30. The van der Waals surface area contributed by atoms with Crippen molar-refractivity contribution in [1.29, 1.82) is 0 Å². The SMILES string of the molecule is CCCCC1CCc2c(F)c(-c3cc(F)c(F)c(F)c3)c(F)c(F)c2C1. The van der Waals surface area contributed by atoms with Gasteiger partial charge in [-0.05, 0) is 54.0 Å². The van der Waals surface area contributed by atoms with Crippen molar-refractivity contribution < 1.29 is 26.3 Å². The molecule has 0 spiro atoms. The summed E-state index contributed by atoms with van der Waals surface area (Å²) in [7, 11) is 0. The Morgan fingerprint density at radius 2 is 1.50 bits per heavy atom. The molecule has 0 fully saturated rings. The Balaban J connectivity index is 2.09. The van der Waals surface area contributed by atoms with Crippen molar-refractivity contribution in [1.82, 2.24) is 0 Å². The van der Waals surface area contributed by atoms with E-state index < -0.39 is 46.0 Å². The molecule has 2 aromatic rings. The molecule has 0 aromatic heterocycles. The first kappa shape index (κ1) is 18.8. The molecule has 26 heavy (non-hydrogen) atoms. The average molecular weight is 372 g/mol. The van der Waals surface area contributed by atoms with Crippen molar-refractivity contribution in [3.8, 4) is 11.1 Å². The maximum absolute atomic E-state index is 14.9. The Morgan fingerprint density at radius 3 is 2.12 bits per heavy atom. The van der Waals surface area contributed by atoms with E-state index in [-0.39, 0.29) is 29.9 Å². The van der Waals surface area contributed by atoms with E-state index in [2.05, 4.69) is 0 Å². The van der Waals surface area contributed by atoms with Gasteiger partial charge >= 0.3 is 0 Å². The lowest BCUT2D eigenvalue weighted by atomic mass is 9.79. The van der Waals surface area contributed by atoms with Crippen molar-refractivity contribution >= 4 is 0 Å². The van der Waals surface area contributed by atoms with E-state index in [4.69, 9.17) is 0 Å². The quantitative estimate of drug-likeness (QED) is 0.327. The third-order valence-electron chi connectivity index (χ3n) is 5.06. The lowest BCUT2D eigenvalue weighted by Crippen LogP contribution is -2.19. The summed E-state index contributed by atoms with van der Waals surface area (Å²) in [5, 5.41) is 0. The third-order valence-corrected chi connectivity index (χ3v) is 5.06. The number of hydrogen-bond donors (Lipinski definition) is 0. The van der Waals surface area contributed by atoms with E-state index in [1.54, 1.807) is 0 Å². The van der Waals surface area contributed by atoms with Crippen LogP contribution in [0.15, 0.2) is 12.1 Å².